The lowest BCUT2D eigenvalue weighted by atomic mass is 10.2. The van der Waals surface area contributed by atoms with Crippen molar-refractivity contribution < 1.29 is 43.2 Å². The molecule has 0 aliphatic heterocycles. The zero-order chi connectivity index (χ0) is 38.7. The van der Waals surface area contributed by atoms with Crippen molar-refractivity contribution in [2.75, 3.05) is 13.2 Å². The first-order chi connectivity index (χ1) is 24.0. The number of amides is 3. The second-order valence-electron chi connectivity index (χ2n) is 13.6. The number of rotatable bonds is 16. The molecule has 0 saturated carbocycles. The zero-order valence-electron chi connectivity index (χ0n) is 31.9. The van der Waals surface area contributed by atoms with Crippen LogP contribution in [0.25, 0.3) is 0 Å². The van der Waals surface area contributed by atoms with E-state index in [1.54, 1.807) is 90.1 Å². The number of carbonyl (C=O) groups excluding carboxylic acids is 3. The van der Waals surface area contributed by atoms with E-state index in [4.69, 9.17) is 29.9 Å². The highest BCUT2D eigenvalue weighted by atomic mass is 16.6. The van der Waals surface area contributed by atoms with Crippen molar-refractivity contribution in [3.8, 4) is 11.5 Å². The molecule has 0 saturated heterocycles. The second-order valence-corrected chi connectivity index (χ2v) is 13.6. The molecule has 51 heavy (non-hydrogen) atoms. The molecule has 13 nitrogen and oxygen atoms in total. The summed E-state index contributed by atoms with van der Waals surface area (Å²) in [7, 11) is 0. The van der Waals surface area contributed by atoms with Crippen LogP contribution in [0.15, 0.2) is 48.5 Å². The Kier molecular flexibility index (Phi) is 24.0. The fourth-order valence-corrected chi connectivity index (χ4v) is 3.98. The SMILES string of the molecule is CC(C)(C)OC(=O)NN.CCCCCCCOc1ccc(C(=O)NNC(=O)OC(C)(C)C)cc1.CCCCCCCOc1ccc(C(=O)O)cc1. The molecule has 0 fully saturated rings. The van der Waals surface area contributed by atoms with Gasteiger partial charge in [-0.1, -0.05) is 65.2 Å². The van der Waals surface area contributed by atoms with Gasteiger partial charge in [0.05, 0.1) is 18.8 Å². The number of carboxylic acids is 1. The quantitative estimate of drug-likeness (QED) is 0.0489. The Balaban J connectivity index is 0.000000826. The van der Waals surface area contributed by atoms with E-state index >= 15 is 0 Å². The van der Waals surface area contributed by atoms with Crippen LogP contribution >= 0.6 is 0 Å². The van der Waals surface area contributed by atoms with Gasteiger partial charge in [-0.25, -0.2) is 25.7 Å². The Morgan fingerprint density at radius 1 is 0.588 bits per heavy atom. The first kappa shape index (κ1) is 46.5. The van der Waals surface area contributed by atoms with Crippen LogP contribution in [0, 0.1) is 0 Å². The maximum absolute atomic E-state index is 12.0. The van der Waals surface area contributed by atoms with Crippen molar-refractivity contribution in [2.45, 2.75) is 131 Å². The highest BCUT2D eigenvalue weighted by Gasteiger charge is 2.17. The normalized spacial score (nSPS) is 10.6. The Bertz CT molecular complexity index is 1260. The smallest absolute Gasteiger partial charge is 0.426 e. The monoisotopic (exact) mass is 718 g/mol. The van der Waals surface area contributed by atoms with Crippen molar-refractivity contribution >= 4 is 24.1 Å². The third kappa shape index (κ3) is 27.0. The summed E-state index contributed by atoms with van der Waals surface area (Å²) in [6.45, 7) is 16.3. The minimum absolute atomic E-state index is 0.292. The van der Waals surface area contributed by atoms with E-state index < -0.39 is 35.3 Å². The minimum atomic E-state index is -0.906. The van der Waals surface area contributed by atoms with Crippen LogP contribution < -0.4 is 31.6 Å². The van der Waals surface area contributed by atoms with Gasteiger partial charge in [0, 0.05) is 5.56 Å². The van der Waals surface area contributed by atoms with Crippen LogP contribution in [0.1, 0.15) is 140 Å². The molecule has 0 heterocycles. The van der Waals surface area contributed by atoms with Crippen molar-refractivity contribution in [3.05, 3.63) is 59.7 Å². The van der Waals surface area contributed by atoms with Crippen LogP contribution in [-0.2, 0) is 9.47 Å². The van der Waals surface area contributed by atoms with Crippen LogP contribution in [0.4, 0.5) is 9.59 Å². The maximum Gasteiger partial charge on any atom is 0.426 e. The topological polar surface area (TPSA) is 188 Å². The largest absolute Gasteiger partial charge is 0.494 e. The maximum atomic E-state index is 12.0. The Morgan fingerprint density at radius 2 is 0.980 bits per heavy atom. The summed E-state index contributed by atoms with van der Waals surface area (Å²) in [5, 5.41) is 8.73. The summed E-state index contributed by atoms with van der Waals surface area (Å²) < 4.78 is 20.9. The summed E-state index contributed by atoms with van der Waals surface area (Å²) in [6.07, 6.45) is 10.7. The molecule has 0 bridgehead atoms. The Hall–Kier alpha value is -4.52. The van der Waals surface area contributed by atoms with E-state index in [-0.39, 0.29) is 0 Å². The lowest BCUT2D eigenvalue weighted by Gasteiger charge is -2.19. The number of unbranched alkanes of at least 4 members (excludes halogenated alkanes) is 8. The number of hydrogen-bond donors (Lipinski definition) is 5. The van der Waals surface area contributed by atoms with Gasteiger partial charge in [-0.2, -0.15) is 0 Å². The van der Waals surface area contributed by atoms with Gasteiger partial charge >= 0.3 is 18.2 Å². The van der Waals surface area contributed by atoms with Crippen LogP contribution in [0.2, 0.25) is 0 Å². The van der Waals surface area contributed by atoms with E-state index in [0.717, 1.165) is 24.3 Å². The van der Waals surface area contributed by atoms with Gasteiger partial charge in [0.25, 0.3) is 5.91 Å². The summed E-state index contributed by atoms with van der Waals surface area (Å²) in [6, 6.07) is 13.3. The Labute approximate surface area is 304 Å². The molecule has 0 aliphatic carbocycles. The molecule has 3 amide bonds. The highest BCUT2D eigenvalue weighted by Crippen LogP contribution is 2.15. The standard InChI is InChI=1S/C19H30N2O4.C14H20O3.C5H12N2O2/c1-5-6-7-8-9-14-24-16-12-10-15(11-13-16)17(22)20-21-18(23)25-19(2,3)4;1-2-3-4-5-6-11-17-13-9-7-12(8-10-13)14(15)16;1-5(2,3)9-4(8)7-6/h10-13H,5-9,14H2,1-4H3,(H,20,22)(H,21,23);7-10H,2-6,11H2,1H3,(H,15,16);6H2,1-3H3,(H,7,8). The average Bonchev–Trinajstić information content (AvgIpc) is 3.06. The second kappa shape index (κ2) is 26.3. The molecule has 6 N–H and O–H groups in total. The molecule has 0 aromatic heterocycles. The zero-order valence-corrected chi connectivity index (χ0v) is 31.9. The number of carboxylic acid groups (broad SMARTS) is 1. The molecule has 2 aromatic rings. The van der Waals surface area contributed by atoms with Gasteiger partial charge in [-0.3, -0.25) is 15.6 Å². The van der Waals surface area contributed by atoms with E-state index in [9.17, 15) is 19.2 Å². The van der Waals surface area contributed by atoms with Crippen LogP contribution in [0.3, 0.4) is 0 Å². The molecule has 0 aliphatic rings. The van der Waals surface area contributed by atoms with Crippen LogP contribution in [-0.4, -0.2) is 53.6 Å². The van der Waals surface area contributed by atoms with Crippen molar-refractivity contribution in [3.63, 3.8) is 0 Å². The predicted octanol–water partition coefficient (Wildman–Crippen LogP) is 8.32. The molecular weight excluding hydrogens is 656 g/mol. The number of hydrogen-bond acceptors (Lipinski definition) is 9. The van der Waals surface area contributed by atoms with Gasteiger partial charge < -0.3 is 24.1 Å². The minimum Gasteiger partial charge on any atom is -0.494 e. The molecule has 13 heteroatoms. The molecular formula is C38H62N4O9. The van der Waals surface area contributed by atoms with Gasteiger partial charge in [0.15, 0.2) is 0 Å². The number of nitrogens with two attached hydrogens (primary N) is 1. The van der Waals surface area contributed by atoms with E-state index in [1.165, 1.54) is 51.4 Å². The van der Waals surface area contributed by atoms with Crippen molar-refractivity contribution in [1.82, 2.24) is 16.3 Å². The third-order valence-corrected chi connectivity index (χ3v) is 6.44. The van der Waals surface area contributed by atoms with Gasteiger partial charge in [0.1, 0.15) is 22.7 Å². The predicted molar refractivity (Wildman–Crippen MR) is 199 cm³/mol. The molecule has 288 valence electrons. The number of carbonyl (C=O) groups is 4. The fourth-order valence-electron chi connectivity index (χ4n) is 3.98. The number of nitrogens with one attached hydrogen (secondary N) is 3. The Morgan fingerprint density at radius 3 is 1.33 bits per heavy atom. The fraction of sp³-hybridized carbons (Fsp3) is 0.579. The van der Waals surface area contributed by atoms with Crippen LogP contribution in [0.5, 0.6) is 11.5 Å². The number of ether oxygens (including phenoxy) is 4. The lowest BCUT2D eigenvalue weighted by molar-refractivity contribution is 0.0481. The highest BCUT2D eigenvalue weighted by molar-refractivity contribution is 5.95. The molecule has 0 unspecified atom stereocenters. The summed E-state index contributed by atoms with van der Waals surface area (Å²) in [5.41, 5.74) is 6.01. The van der Waals surface area contributed by atoms with Gasteiger partial charge in [-0.15, -0.1) is 0 Å². The van der Waals surface area contributed by atoms with E-state index in [2.05, 4.69) is 24.7 Å². The number of hydrazine groups is 2. The van der Waals surface area contributed by atoms with Gasteiger partial charge in [0.2, 0.25) is 0 Å². The average molecular weight is 719 g/mol. The van der Waals surface area contributed by atoms with E-state index in [0.29, 0.717) is 24.3 Å². The molecule has 0 atom stereocenters. The first-order valence-electron chi connectivity index (χ1n) is 17.7. The lowest BCUT2D eigenvalue weighted by Crippen LogP contribution is -2.44. The molecule has 2 rings (SSSR count). The number of benzene rings is 2. The molecule has 0 radical (unpaired) electrons. The van der Waals surface area contributed by atoms with Crippen molar-refractivity contribution in [1.29, 1.82) is 0 Å². The molecule has 0 spiro atoms. The number of aromatic carboxylic acids is 1. The summed E-state index contributed by atoms with van der Waals surface area (Å²) in [5.74, 6) is 4.90. The first-order valence-corrected chi connectivity index (χ1v) is 17.7. The third-order valence-electron chi connectivity index (χ3n) is 6.44. The van der Waals surface area contributed by atoms with E-state index in [1.807, 2.05) is 5.43 Å². The van der Waals surface area contributed by atoms with Crippen molar-refractivity contribution in [2.24, 2.45) is 5.84 Å². The molecule has 2 aromatic carbocycles. The summed E-state index contributed by atoms with van der Waals surface area (Å²) in [4.78, 5) is 44.5. The van der Waals surface area contributed by atoms with Gasteiger partial charge in [-0.05, 0) is 103 Å². The summed E-state index contributed by atoms with van der Waals surface area (Å²) >= 11 is 0.